The molecule has 4 nitrogen and oxygen atoms in total. The van der Waals surface area contributed by atoms with Crippen LogP contribution in [0.2, 0.25) is 0 Å². The first-order chi connectivity index (χ1) is 7.86. The number of nitrogens with zero attached hydrogens (tertiary/aromatic N) is 1. The van der Waals surface area contributed by atoms with Crippen LogP contribution in [0.3, 0.4) is 0 Å². The van der Waals surface area contributed by atoms with Gasteiger partial charge in [-0.1, -0.05) is 18.2 Å². The second-order valence-electron chi connectivity index (χ2n) is 3.29. The van der Waals surface area contributed by atoms with Gasteiger partial charge in [0.2, 0.25) is 5.56 Å². The molecular formula is C12H12N2O2. The molecule has 0 aliphatic carbocycles. The Morgan fingerprint density at radius 3 is 2.75 bits per heavy atom. The molecule has 1 N–H and O–H groups in total. The maximum Gasteiger partial charge on any atom is 0.248 e. The van der Waals surface area contributed by atoms with E-state index >= 15 is 0 Å². The van der Waals surface area contributed by atoms with Gasteiger partial charge in [0, 0.05) is 11.6 Å². The number of ether oxygens (including phenoxy) is 1. The second kappa shape index (κ2) is 5.11. The molecule has 0 spiro atoms. The lowest BCUT2D eigenvalue weighted by molar-refractivity contribution is 0.361. The van der Waals surface area contributed by atoms with Crippen LogP contribution in [0.25, 0.3) is 10.9 Å². The van der Waals surface area contributed by atoms with Gasteiger partial charge in [0.25, 0.3) is 0 Å². The minimum absolute atomic E-state index is 0.0521. The van der Waals surface area contributed by atoms with Crippen molar-refractivity contribution in [1.82, 2.24) is 4.98 Å². The Kier molecular flexibility index (Phi) is 3.33. The highest BCUT2D eigenvalue weighted by Crippen LogP contribution is 2.06. The minimum Gasteiger partial charge on any atom is -0.482 e. The van der Waals surface area contributed by atoms with Gasteiger partial charge < -0.3 is 9.72 Å². The molecule has 3 rings (SSSR count). The van der Waals surface area contributed by atoms with E-state index in [1.54, 1.807) is 0 Å². The van der Waals surface area contributed by atoms with Crippen molar-refractivity contribution in [3.8, 4) is 0 Å². The molecule has 82 valence electrons. The minimum atomic E-state index is -0.0521. The summed E-state index contributed by atoms with van der Waals surface area (Å²) in [6.45, 7) is 1.62. The number of aromatic nitrogens is 1. The molecule has 0 saturated heterocycles. The Balaban J connectivity index is 0.000000162. The van der Waals surface area contributed by atoms with E-state index < -0.39 is 0 Å². The molecule has 0 fully saturated rings. The van der Waals surface area contributed by atoms with Crippen LogP contribution >= 0.6 is 0 Å². The van der Waals surface area contributed by atoms with Crippen molar-refractivity contribution in [3.63, 3.8) is 0 Å². The predicted octanol–water partition coefficient (Wildman–Crippen LogP) is 1.57. The summed E-state index contributed by atoms with van der Waals surface area (Å²) < 4.78 is 4.65. The summed E-state index contributed by atoms with van der Waals surface area (Å²) in [5.41, 5.74) is 0.837. The van der Waals surface area contributed by atoms with Crippen LogP contribution in [-0.2, 0) is 4.74 Å². The standard InChI is InChI=1S/C9H7NO.C3H5NO/c11-9-6-5-7-3-1-2-4-8(7)10-9;1-2-5-3-4-1/h1-6H,(H,10,11);3H,1-2H2. The van der Waals surface area contributed by atoms with Gasteiger partial charge in [-0.05, 0) is 17.5 Å². The van der Waals surface area contributed by atoms with Gasteiger partial charge in [-0.3, -0.25) is 9.79 Å². The highest BCUT2D eigenvalue weighted by molar-refractivity contribution is 5.77. The SMILES string of the molecule is C1=NCCO1.O=c1ccc2ccccc2[nH]1. The topological polar surface area (TPSA) is 54.4 Å². The summed E-state index contributed by atoms with van der Waals surface area (Å²) in [4.78, 5) is 17.3. The zero-order valence-electron chi connectivity index (χ0n) is 8.72. The van der Waals surface area contributed by atoms with Crippen molar-refractivity contribution in [2.24, 2.45) is 4.99 Å². The van der Waals surface area contributed by atoms with E-state index in [1.807, 2.05) is 30.3 Å². The van der Waals surface area contributed by atoms with Crippen molar-refractivity contribution >= 4 is 17.3 Å². The smallest absolute Gasteiger partial charge is 0.248 e. The highest BCUT2D eigenvalue weighted by Gasteiger charge is 1.89. The number of pyridine rings is 1. The summed E-state index contributed by atoms with van der Waals surface area (Å²) in [5, 5.41) is 1.06. The highest BCUT2D eigenvalue weighted by atomic mass is 16.5. The van der Waals surface area contributed by atoms with Crippen LogP contribution < -0.4 is 5.56 Å². The second-order valence-corrected chi connectivity index (χ2v) is 3.29. The molecule has 2 aromatic rings. The molecule has 0 radical (unpaired) electrons. The van der Waals surface area contributed by atoms with E-state index in [9.17, 15) is 4.79 Å². The van der Waals surface area contributed by atoms with E-state index in [0.29, 0.717) is 0 Å². The summed E-state index contributed by atoms with van der Waals surface area (Å²) in [6, 6.07) is 11.0. The third-order valence-electron chi connectivity index (χ3n) is 2.12. The van der Waals surface area contributed by atoms with Crippen molar-refractivity contribution in [1.29, 1.82) is 0 Å². The third kappa shape index (κ3) is 2.70. The van der Waals surface area contributed by atoms with Crippen LogP contribution in [0, 0.1) is 0 Å². The lowest BCUT2D eigenvalue weighted by atomic mass is 10.2. The van der Waals surface area contributed by atoms with Gasteiger partial charge >= 0.3 is 0 Å². The normalized spacial score (nSPS) is 13.0. The summed E-state index contributed by atoms with van der Waals surface area (Å²) >= 11 is 0. The summed E-state index contributed by atoms with van der Waals surface area (Å²) in [7, 11) is 0. The fourth-order valence-corrected chi connectivity index (χ4v) is 1.36. The first-order valence-electron chi connectivity index (χ1n) is 5.04. The van der Waals surface area contributed by atoms with Gasteiger partial charge in [-0.25, -0.2) is 0 Å². The van der Waals surface area contributed by atoms with Crippen LogP contribution in [0.1, 0.15) is 0 Å². The number of para-hydroxylation sites is 1. The van der Waals surface area contributed by atoms with E-state index in [4.69, 9.17) is 0 Å². The number of rotatable bonds is 0. The van der Waals surface area contributed by atoms with Crippen LogP contribution in [0.5, 0.6) is 0 Å². The number of nitrogens with one attached hydrogen (secondary N) is 1. The number of hydrogen-bond donors (Lipinski definition) is 1. The van der Waals surface area contributed by atoms with Crippen molar-refractivity contribution in [2.75, 3.05) is 13.2 Å². The Hall–Kier alpha value is -2.10. The maximum atomic E-state index is 10.8. The predicted molar refractivity (Wildman–Crippen MR) is 63.9 cm³/mol. The molecule has 1 aliphatic heterocycles. The molecule has 0 atom stereocenters. The van der Waals surface area contributed by atoms with Crippen LogP contribution in [-0.4, -0.2) is 24.5 Å². The zero-order valence-corrected chi connectivity index (χ0v) is 8.72. The molecule has 1 aromatic heterocycles. The third-order valence-corrected chi connectivity index (χ3v) is 2.12. The molecule has 4 heteroatoms. The molecule has 0 amide bonds. The van der Waals surface area contributed by atoms with E-state index in [0.717, 1.165) is 24.1 Å². The number of benzene rings is 1. The fourth-order valence-electron chi connectivity index (χ4n) is 1.36. The summed E-state index contributed by atoms with van der Waals surface area (Å²) in [6.07, 6.45) is 1.49. The number of aliphatic imine (C=N–C) groups is 1. The quantitative estimate of drug-likeness (QED) is 0.726. The van der Waals surface area contributed by atoms with Gasteiger partial charge in [0.1, 0.15) is 6.61 Å². The van der Waals surface area contributed by atoms with Crippen molar-refractivity contribution in [3.05, 3.63) is 46.8 Å². The first-order valence-corrected chi connectivity index (χ1v) is 5.04. The Labute approximate surface area is 92.6 Å². The molecule has 0 unspecified atom stereocenters. The zero-order chi connectivity index (χ0) is 11.2. The van der Waals surface area contributed by atoms with E-state index in [-0.39, 0.29) is 5.56 Å². The van der Waals surface area contributed by atoms with Gasteiger partial charge in [-0.15, -0.1) is 0 Å². The molecule has 1 aliphatic rings. The molecule has 16 heavy (non-hydrogen) atoms. The summed E-state index contributed by atoms with van der Waals surface area (Å²) in [5.74, 6) is 0. The van der Waals surface area contributed by atoms with Crippen LogP contribution in [0.4, 0.5) is 0 Å². The molecule has 0 bridgehead atoms. The van der Waals surface area contributed by atoms with Gasteiger partial charge in [0.05, 0.1) is 6.54 Å². The fraction of sp³-hybridized carbons (Fsp3) is 0.167. The lowest BCUT2D eigenvalue weighted by Gasteiger charge is -1.93. The first kappa shape index (κ1) is 10.4. The molecule has 0 saturated carbocycles. The Morgan fingerprint density at radius 1 is 1.19 bits per heavy atom. The maximum absolute atomic E-state index is 10.8. The number of H-pyrrole nitrogens is 1. The Bertz CT molecular complexity index is 540. The van der Waals surface area contributed by atoms with Crippen molar-refractivity contribution < 1.29 is 4.74 Å². The molecule has 2 heterocycles. The average molecular weight is 216 g/mol. The molecular weight excluding hydrogens is 204 g/mol. The van der Waals surface area contributed by atoms with E-state index in [2.05, 4.69) is 14.7 Å². The van der Waals surface area contributed by atoms with Crippen LogP contribution in [0.15, 0.2) is 46.2 Å². The number of fused-ring (bicyclic) bond motifs is 1. The average Bonchev–Trinajstić information content (AvgIpc) is 2.87. The molecule has 1 aromatic carbocycles. The van der Waals surface area contributed by atoms with Gasteiger partial charge in [-0.2, -0.15) is 0 Å². The monoisotopic (exact) mass is 216 g/mol. The largest absolute Gasteiger partial charge is 0.482 e. The number of aromatic amines is 1. The lowest BCUT2D eigenvalue weighted by Crippen LogP contribution is -2.01. The van der Waals surface area contributed by atoms with Gasteiger partial charge in [0.15, 0.2) is 6.40 Å². The Morgan fingerprint density at radius 2 is 2.06 bits per heavy atom. The van der Waals surface area contributed by atoms with E-state index in [1.165, 1.54) is 12.5 Å². The number of hydrogen-bond acceptors (Lipinski definition) is 3. The van der Waals surface area contributed by atoms with Crippen molar-refractivity contribution in [2.45, 2.75) is 0 Å².